The van der Waals surface area contributed by atoms with Crippen molar-refractivity contribution in [2.24, 2.45) is 5.10 Å². The lowest BCUT2D eigenvalue weighted by Crippen LogP contribution is -2.32. The van der Waals surface area contributed by atoms with Crippen LogP contribution in [0.15, 0.2) is 51.1 Å². The highest BCUT2D eigenvalue weighted by Gasteiger charge is 2.19. The lowest BCUT2D eigenvalue weighted by atomic mass is 10.2. The van der Waals surface area contributed by atoms with Crippen LogP contribution in [0.1, 0.15) is 12.5 Å². The molecule has 0 aliphatic heterocycles. The molecule has 150 valence electrons. The third-order valence-corrected chi connectivity index (χ3v) is 4.52. The first kappa shape index (κ1) is 20.6. The molecule has 0 bridgehead atoms. The summed E-state index contributed by atoms with van der Waals surface area (Å²) >= 11 is 12.4. The van der Waals surface area contributed by atoms with Gasteiger partial charge in [-0.3, -0.25) is 4.79 Å². The molecular formula is C19H15Cl2N3O5. The van der Waals surface area contributed by atoms with E-state index in [1.165, 1.54) is 32.4 Å². The summed E-state index contributed by atoms with van der Waals surface area (Å²) in [6, 6.07) is 9.54. The standard InChI is InChI=1S/C19H15Cl2N3O5/c1-10(18(26)28-2)29-16-13(20)7-11(8-14(16)21)9-22-24-17(25)12-5-3-4-6-15(12)23-19(24)27/h3-10H,1-2H3,(H,23,27)/t10-/m1/s1. The van der Waals surface area contributed by atoms with Crippen molar-refractivity contribution in [2.45, 2.75) is 13.0 Å². The number of halogens is 2. The van der Waals surface area contributed by atoms with Gasteiger partial charge in [0.05, 0.1) is 34.3 Å². The second-order valence-corrected chi connectivity index (χ2v) is 6.75. The Morgan fingerprint density at radius 3 is 2.52 bits per heavy atom. The van der Waals surface area contributed by atoms with Gasteiger partial charge in [0, 0.05) is 0 Å². The fourth-order valence-electron chi connectivity index (χ4n) is 2.54. The lowest BCUT2D eigenvalue weighted by molar-refractivity contribution is -0.147. The van der Waals surface area contributed by atoms with Crippen molar-refractivity contribution in [2.75, 3.05) is 7.11 Å². The molecule has 0 saturated carbocycles. The minimum atomic E-state index is -0.913. The number of fused-ring (bicyclic) bond motifs is 1. The molecule has 0 unspecified atom stereocenters. The van der Waals surface area contributed by atoms with Crippen molar-refractivity contribution in [3.63, 3.8) is 0 Å². The minimum Gasteiger partial charge on any atom is -0.476 e. The second-order valence-electron chi connectivity index (χ2n) is 5.93. The summed E-state index contributed by atoms with van der Waals surface area (Å²) in [5.74, 6) is -0.484. The Balaban J connectivity index is 1.94. The van der Waals surface area contributed by atoms with E-state index < -0.39 is 23.3 Å². The van der Waals surface area contributed by atoms with E-state index in [1.807, 2.05) is 0 Å². The Bertz CT molecular complexity index is 1210. The lowest BCUT2D eigenvalue weighted by Gasteiger charge is -2.15. The number of aromatic nitrogens is 2. The molecule has 0 fully saturated rings. The summed E-state index contributed by atoms with van der Waals surface area (Å²) in [5, 5.41) is 4.50. The van der Waals surface area contributed by atoms with Gasteiger partial charge in [-0.15, -0.1) is 4.68 Å². The number of hydrogen-bond acceptors (Lipinski definition) is 6. The molecule has 2 aromatic carbocycles. The molecule has 1 heterocycles. The zero-order valence-corrected chi connectivity index (χ0v) is 16.8. The number of hydrogen-bond donors (Lipinski definition) is 1. The molecule has 1 aromatic heterocycles. The maximum atomic E-state index is 12.5. The van der Waals surface area contributed by atoms with Crippen LogP contribution in [0.4, 0.5) is 0 Å². The maximum absolute atomic E-state index is 12.5. The van der Waals surface area contributed by atoms with Crippen molar-refractivity contribution in [1.29, 1.82) is 0 Å². The highest BCUT2D eigenvalue weighted by Crippen LogP contribution is 2.34. The third-order valence-electron chi connectivity index (χ3n) is 3.95. The fraction of sp³-hybridized carbons (Fsp3) is 0.158. The first-order chi connectivity index (χ1) is 13.8. The van der Waals surface area contributed by atoms with Crippen LogP contribution in [0.3, 0.4) is 0 Å². The third kappa shape index (κ3) is 4.33. The number of H-pyrrole nitrogens is 1. The van der Waals surface area contributed by atoms with E-state index in [-0.39, 0.29) is 15.8 Å². The van der Waals surface area contributed by atoms with Crippen LogP contribution in [0.2, 0.25) is 10.0 Å². The molecule has 0 spiro atoms. The van der Waals surface area contributed by atoms with E-state index in [4.69, 9.17) is 27.9 Å². The quantitative estimate of drug-likeness (QED) is 0.490. The first-order valence-corrected chi connectivity index (χ1v) is 9.09. The van der Waals surface area contributed by atoms with Crippen LogP contribution in [-0.4, -0.2) is 35.1 Å². The number of ether oxygens (including phenoxy) is 2. The summed E-state index contributed by atoms with van der Waals surface area (Å²) in [6.45, 7) is 1.49. The molecule has 1 N–H and O–H groups in total. The number of rotatable bonds is 5. The summed E-state index contributed by atoms with van der Waals surface area (Å²) in [6.07, 6.45) is 0.348. The zero-order chi connectivity index (χ0) is 21.1. The van der Waals surface area contributed by atoms with E-state index in [9.17, 15) is 14.4 Å². The van der Waals surface area contributed by atoms with Crippen LogP contribution in [-0.2, 0) is 9.53 Å². The number of methoxy groups -OCH3 is 1. The molecule has 8 nitrogen and oxygen atoms in total. The largest absolute Gasteiger partial charge is 0.476 e. The summed E-state index contributed by atoms with van der Waals surface area (Å²) in [4.78, 5) is 38.7. The average molecular weight is 436 g/mol. The number of aromatic amines is 1. The average Bonchev–Trinajstić information content (AvgIpc) is 2.69. The van der Waals surface area contributed by atoms with Gasteiger partial charge in [-0.1, -0.05) is 35.3 Å². The highest BCUT2D eigenvalue weighted by molar-refractivity contribution is 6.37. The minimum absolute atomic E-state index is 0.101. The van der Waals surface area contributed by atoms with Gasteiger partial charge in [0.1, 0.15) is 0 Å². The topological polar surface area (TPSA) is 103 Å². The molecule has 3 aromatic rings. The first-order valence-electron chi connectivity index (χ1n) is 8.33. The SMILES string of the molecule is COC(=O)[C@@H](C)Oc1c(Cl)cc(C=Nn2c(=O)[nH]c3ccccc3c2=O)cc1Cl. The number of carbonyl (C=O) groups is 1. The molecule has 3 rings (SSSR count). The van der Waals surface area contributed by atoms with Crippen LogP contribution >= 0.6 is 23.2 Å². The van der Waals surface area contributed by atoms with Crippen LogP contribution in [0.5, 0.6) is 5.75 Å². The van der Waals surface area contributed by atoms with Gasteiger partial charge in [0.2, 0.25) is 0 Å². The summed E-state index contributed by atoms with van der Waals surface area (Å²) in [7, 11) is 1.24. The van der Waals surface area contributed by atoms with E-state index in [2.05, 4.69) is 14.8 Å². The monoisotopic (exact) mass is 435 g/mol. The van der Waals surface area contributed by atoms with Gasteiger partial charge in [-0.25, -0.2) is 9.59 Å². The zero-order valence-electron chi connectivity index (χ0n) is 15.3. The van der Waals surface area contributed by atoms with Crippen molar-refractivity contribution in [3.8, 4) is 5.75 Å². The van der Waals surface area contributed by atoms with Crippen LogP contribution < -0.4 is 16.0 Å². The normalized spacial score (nSPS) is 12.3. The van der Waals surface area contributed by atoms with Crippen molar-refractivity contribution in [3.05, 3.63) is 72.8 Å². The van der Waals surface area contributed by atoms with E-state index in [0.29, 0.717) is 21.1 Å². The van der Waals surface area contributed by atoms with E-state index in [0.717, 1.165) is 0 Å². The number of esters is 1. The smallest absolute Gasteiger partial charge is 0.349 e. The Labute approximate surface area is 174 Å². The predicted molar refractivity (Wildman–Crippen MR) is 110 cm³/mol. The number of nitrogens with zero attached hydrogens (tertiary/aromatic N) is 2. The summed E-state index contributed by atoms with van der Waals surface area (Å²) < 4.78 is 10.7. The van der Waals surface area contributed by atoms with Gasteiger partial charge in [-0.2, -0.15) is 5.10 Å². The molecule has 1 atom stereocenters. The Hall–Kier alpha value is -3.10. The number of benzene rings is 2. The van der Waals surface area contributed by atoms with Crippen molar-refractivity contribution < 1.29 is 14.3 Å². The summed E-state index contributed by atoms with van der Waals surface area (Å²) in [5.41, 5.74) is -0.419. The molecule has 0 radical (unpaired) electrons. The fourth-order valence-corrected chi connectivity index (χ4v) is 3.13. The van der Waals surface area contributed by atoms with Crippen LogP contribution in [0, 0.1) is 0 Å². The van der Waals surface area contributed by atoms with Gasteiger partial charge in [0.25, 0.3) is 5.56 Å². The van der Waals surface area contributed by atoms with Gasteiger partial charge >= 0.3 is 11.7 Å². The van der Waals surface area contributed by atoms with Crippen LogP contribution in [0.25, 0.3) is 10.9 Å². The maximum Gasteiger partial charge on any atom is 0.349 e. The van der Waals surface area contributed by atoms with Crippen molar-refractivity contribution >= 4 is 46.3 Å². The predicted octanol–water partition coefficient (Wildman–Crippen LogP) is 2.82. The Morgan fingerprint density at radius 1 is 1.21 bits per heavy atom. The Morgan fingerprint density at radius 2 is 1.86 bits per heavy atom. The number of para-hydroxylation sites is 1. The number of nitrogens with one attached hydrogen (secondary N) is 1. The second kappa shape index (κ2) is 8.50. The molecule has 10 heteroatoms. The number of carbonyl (C=O) groups excluding carboxylic acids is 1. The molecule has 0 aliphatic rings. The highest BCUT2D eigenvalue weighted by atomic mass is 35.5. The van der Waals surface area contributed by atoms with E-state index in [1.54, 1.807) is 24.3 Å². The Kier molecular flexibility index (Phi) is 6.05. The van der Waals surface area contributed by atoms with Gasteiger partial charge in [-0.05, 0) is 36.8 Å². The van der Waals surface area contributed by atoms with Gasteiger partial charge in [0.15, 0.2) is 11.9 Å². The molecule has 0 aliphatic carbocycles. The van der Waals surface area contributed by atoms with E-state index >= 15 is 0 Å². The molecule has 0 amide bonds. The molecule has 0 saturated heterocycles. The van der Waals surface area contributed by atoms with Gasteiger partial charge < -0.3 is 14.5 Å². The van der Waals surface area contributed by atoms with Crippen molar-refractivity contribution in [1.82, 2.24) is 9.66 Å². The molecular weight excluding hydrogens is 421 g/mol. The molecule has 29 heavy (non-hydrogen) atoms.